The number of nitriles is 1. The summed E-state index contributed by atoms with van der Waals surface area (Å²) < 4.78 is 0. The zero-order valence-corrected chi connectivity index (χ0v) is 10.0. The number of aromatic nitrogens is 1. The van der Waals surface area contributed by atoms with E-state index in [2.05, 4.69) is 34.2 Å². The van der Waals surface area contributed by atoms with Gasteiger partial charge in [0.25, 0.3) is 0 Å². The van der Waals surface area contributed by atoms with E-state index >= 15 is 0 Å². The van der Waals surface area contributed by atoms with Crippen LogP contribution in [0.4, 0.5) is 11.4 Å². The Morgan fingerprint density at radius 3 is 2.94 bits per heavy atom. The first-order chi connectivity index (χ1) is 8.90. The molecule has 0 saturated heterocycles. The van der Waals surface area contributed by atoms with Crippen molar-refractivity contribution in [1.29, 1.82) is 5.26 Å². The molecule has 0 fully saturated rings. The van der Waals surface area contributed by atoms with E-state index in [0.717, 1.165) is 25.1 Å². The van der Waals surface area contributed by atoms with Gasteiger partial charge in [0.05, 0.1) is 17.4 Å². The third kappa shape index (κ3) is 1.72. The van der Waals surface area contributed by atoms with Crippen molar-refractivity contribution in [2.45, 2.75) is 12.8 Å². The summed E-state index contributed by atoms with van der Waals surface area (Å²) in [5.74, 6) is 0. The standard InChI is InChI=1S/C15H13N3/c16-10-13-7-8-17-11-15(13)18-9-3-5-12-4-1-2-6-14(12)18/h1-2,4,6-8,11H,3,5,9H2. The summed E-state index contributed by atoms with van der Waals surface area (Å²) in [6.45, 7) is 0.942. The van der Waals surface area contributed by atoms with E-state index in [0.29, 0.717) is 5.56 Å². The second-order valence-electron chi connectivity index (χ2n) is 4.39. The number of fused-ring (bicyclic) bond motifs is 1. The minimum absolute atomic E-state index is 0.682. The molecule has 0 unspecified atom stereocenters. The van der Waals surface area contributed by atoms with Crippen molar-refractivity contribution >= 4 is 11.4 Å². The average molecular weight is 235 g/mol. The molecule has 1 aliphatic heterocycles. The summed E-state index contributed by atoms with van der Waals surface area (Å²) in [7, 11) is 0. The van der Waals surface area contributed by atoms with Crippen LogP contribution in [0.25, 0.3) is 0 Å². The molecule has 88 valence electrons. The highest BCUT2D eigenvalue weighted by molar-refractivity contribution is 5.71. The molecule has 0 radical (unpaired) electrons. The van der Waals surface area contributed by atoms with E-state index in [4.69, 9.17) is 0 Å². The quantitative estimate of drug-likeness (QED) is 0.762. The lowest BCUT2D eigenvalue weighted by Crippen LogP contribution is -2.25. The maximum Gasteiger partial charge on any atom is 0.101 e. The molecular formula is C15H13N3. The van der Waals surface area contributed by atoms with Crippen molar-refractivity contribution < 1.29 is 0 Å². The van der Waals surface area contributed by atoms with Crippen LogP contribution < -0.4 is 4.90 Å². The molecule has 0 spiro atoms. The smallest absolute Gasteiger partial charge is 0.101 e. The first-order valence-corrected chi connectivity index (χ1v) is 6.10. The van der Waals surface area contributed by atoms with E-state index in [1.54, 1.807) is 18.5 Å². The molecule has 0 aliphatic carbocycles. The first-order valence-electron chi connectivity index (χ1n) is 6.10. The number of hydrogen-bond donors (Lipinski definition) is 0. The highest BCUT2D eigenvalue weighted by Gasteiger charge is 2.19. The molecule has 3 nitrogen and oxygen atoms in total. The van der Waals surface area contributed by atoms with Gasteiger partial charge in [-0.2, -0.15) is 5.26 Å². The predicted molar refractivity (Wildman–Crippen MR) is 70.7 cm³/mol. The molecule has 3 rings (SSSR count). The van der Waals surface area contributed by atoms with E-state index in [1.807, 2.05) is 6.07 Å². The van der Waals surface area contributed by atoms with E-state index < -0.39 is 0 Å². The summed E-state index contributed by atoms with van der Waals surface area (Å²) in [4.78, 5) is 6.35. The van der Waals surface area contributed by atoms with Crippen molar-refractivity contribution in [2.24, 2.45) is 0 Å². The van der Waals surface area contributed by atoms with Gasteiger partial charge in [-0.15, -0.1) is 0 Å². The molecule has 0 amide bonds. The van der Waals surface area contributed by atoms with Gasteiger partial charge < -0.3 is 4.90 Å². The molecule has 2 aromatic rings. The highest BCUT2D eigenvalue weighted by Crippen LogP contribution is 2.34. The fraction of sp³-hybridized carbons (Fsp3) is 0.200. The van der Waals surface area contributed by atoms with Crippen LogP contribution in [0.1, 0.15) is 17.5 Å². The molecule has 2 heterocycles. The van der Waals surface area contributed by atoms with Crippen molar-refractivity contribution in [3.8, 4) is 6.07 Å². The Balaban J connectivity index is 2.12. The summed E-state index contributed by atoms with van der Waals surface area (Å²) in [5.41, 5.74) is 4.14. The van der Waals surface area contributed by atoms with Crippen LogP contribution in [0.2, 0.25) is 0 Å². The summed E-state index contributed by atoms with van der Waals surface area (Å²) in [6, 6.07) is 12.4. The number of para-hydroxylation sites is 1. The summed E-state index contributed by atoms with van der Waals surface area (Å²) >= 11 is 0. The third-order valence-corrected chi connectivity index (χ3v) is 3.32. The fourth-order valence-corrected chi connectivity index (χ4v) is 2.48. The molecule has 0 N–H and O–H groups in total. The van der Waals surface area contributed by atoms with Crippen LogP contribution in [0.15, 0.2) is 42.7 Å². The van der Waals surface area contributed by atoms with Crippen LogP contribution in [-0.2, 0) is 6.42 Å². The van der Waals surface area contributed by atoms with Crippen LogP contribution in [-0.4, -0.2) is 11.5 Å². The maximum absolute atomic E-state index is 9.19. The fourth-order valence-electron chi connectivity index (χ4n) is 2.48. The van der Waals surface area contributed by atoms with Crippen molar-refractivity contribution in [3.63, 3.8) is 0 Å². The van der Waals surface area contributed by atoms with Gasteiger partial charge in [0.15, 0.2) is 0 Å². The molecule has 0 saturated carbocycles. The normalized spacial score (nSPS) is 13.8. The van der Waals surface area contributed by atoms with E-state index in [1.165, 1.54) is 11.3 Å². The van der Waals surface area contributed by atoms with Crippen LogP contribution in [0.5, 0.6) is 0 Å². The number of hydrogen-bond acceptors (Lipinski definition) is 3. The lowest BCUT2D eigenvalue weighted by atomic mass is 10.0. The van der Waals surface area contributed by atoms with E-state index in [-0.39, 0.29) is 0 Å². The minimum atomic E-state index is 0.682. The zero-order valence-electron chi connectivity index (χ0n) is 10.0. The number of pyridine rings is 1. The van der Waals surface area contributed by atoms with Gasteiger partial charge in [-0.05, 0) is 30.5 Å². The van der Waals surface area contributed by atoms with Gasteiger partial charge >= 0.3 is 0 Å². The van der Waals surface area contributed by atoms with E-state index in [9.17, 15) is 5.26 Å². The number of benzene rings is 1. The molecule has 1 aliphatic rings. The zero-order chi connectivity index (χ0) is 12.4. The Morgan fingerprint density at radius 2 is 2.06 bits per heavy atom. The summed E-state index contributed by atoms with van der Waals surface area (Å²) in [6.07, 6.45) is 5.66. The molecular weight excluding hydrogens is 222 g/mol. The Morgan fingerprint density at radius 1 is 1.17 bits per heavy atom. The van der Waals surface area contributed by atoms with Gasteiger partial charge in [0, 0.05) is 18.4 Å². The van der Waals surface area contributed by atoms with Crippen LogP contribution in [0, 0.1) is 11.3 Å². The van der Waals surface area contributed by atoms with Crippen molar-refractivity contribution in [1.82, 2.24) is 4.98 Å². The van der Waals surface area contributed by atoms with Gasteiger partial charge in [0.1, 0.15) is 6.07 Å². The average Bonchev–Trinajstić information content (AvgIpc) is 2.46. The lowest BCUT2D eigenvalue weighted by Gasteiger charge is -2.31. The molecule has 0 atom stereocenters. The van der Waals surface area contributed by atoms with Gasteiger partial charge in [0.2, 0.25) is 0 Å². The predicted octanol–water partition coefficient (Wildman–Crippen LogP) is 3.04. The van der Waals surface area contributed by atoms with Gasteiger partial charge in [-0.3, -0.25) is 4.98 Å². The highest BCUT2D eigenvalue weighted by atomic mass is 15.1. The maximum atomic E-state index is 9.19. The van der Waals surface area contributed by atoms with Gasteiger partial charge in [-0.1, -0.05) is 18.2 Å². The molecule has 0 bridgehead atoms. The Kier molecular flexibility index (Phi) is 2.70. The van der Waals surface area contributed by atoms with Crippen molar-refractivity contribution in [2.75, 3.05) is 11.4 Å². The molecule has 1 aromatic carbocycles. The summed E-state index contributed by atoms with van der Waals surface area (Å²) in [5, 5.41) is 9.19. The van der Waals surface area contributed by atoms with Crippen LogP contribution >= 0.6 is 0 Å². The SMILES string of the molecule is N#Cc1ccncc1N1CCCc2ccccc21. The number of rotatable bonds is 1. The Hall–Kier alpha value is -2.34. The topological polar surface area (TPSA) is 39.9 Å². The second kappa shape index (κ2) is 4.50. The minimum Gasteiger partial charge on any atom is -0.339 e. The molecule has 18 heavy (non-hydrogen) atoms. The first kappa shape index (κ1) is 10.8. The monoisotopic (exact) mass is 235 g/mol. The Bertz CT molecular complexity index is 613. The number of anilines is 2. The molecule has 3 heteroatoms. The molecule has 1 aromatic heterocycles. The Labute approximate surface area is 106 Å². The largest absolute Gasteiger partial charge is 0.339 e. The van der Waals surface area contributed by atoms with Gasteiger partial charge in [-0.25, -0.2) is 0 Å². The van der Waals surface area contributed by atoms with Crippen LogP contribution in [0.3, 0.4) is 0 Å². The number of aryl methyl sites for hydroxylation is 1. The lowest BCUT2D eigenvalue weighted by molar-refractivity contribution is 0.765. The number of nitrogens with zero attached hydrogens (tertiary/aromatic N) is 3. The second-order valence-corrected chi connectivity index (χ2v) is 4.39. The van der Waals surface area contributed by atoms with Crippen molar-refractivity contribution in [3.05, 3.63) is 53.9 Å². The third-order valence-electron chi connectivity index (χ3n) is 3.32.